The van der Waals surface area contributed by atoms with Crippen molar-refractivity contribution in [3.8, 4) is 5.75 Å². The van der Waals surface area contributed by atoms with Crippen molar-refractivity contribution in [1.82, 2.24) is 14.2 Å². The number of aromatic nitrogens is 3. The van der Waals surface area contributed by atoms with Gasteiger partial charge in [-0.2, -0.15) is 5.10 Å². The smallest absolute Gasteiger partial charge is 0.355 e. The van der Waals surface area contributed by atoms with Crippen LogP contribution in [0.25, 0.3) is 5.52 Å². The summed E-state index contributed by atoms with van der Waals surface area (Å²) in [6, 6.07) is 5.48. The molecule has 3 heterocycles. The first kappa shape index (κ1) is 15.1. The molecule has 0 aromatic carbocycles. The number of fused-ring (bicyclic) bond motifs is 1. The average molecular weight is 317 g/mol. The van der Waals surface area contributed by atoms with Gasteiger partial charge in [0.25, 0.3) is 0 Å². The van der Waals surface area contributed by atoms with E-state index in [-0.39, 0.29) is 6.61 Å². The molecule has 0 atom stereocenters. The number of hydrogen-bond donors (Lipinski definition) is 0. The predicted octanol–water partition coefficient (Wildman–Crippen LogP) is 2.49. The number of nitrogens with zero attached hydrogens (tertiary/aromatic N) is 3. The highest BCUT2D eigenvalue weighted by Crippen LogP contribution is 2.22. The van der Waals surface area contributed by atoms with Crippen LogP contribution in [0.2, 0.25) is 0 Å². The van der Waals surface area contributed by atoms with E-state index in [1.54, 1.807) is 23.7 Å². The summed E-state index contributed by atoms with van der Waals surface area (Å²) in [7, 11) is 2.99. The number of pyridine rings is 1. The Hall–Kier alpha value is -2.83. The zero-order valence-corrected chi connectivity index (χ0v) is 13.0. The van der Waals surface area contributed by atoms with Crippen molar-refractivity contribution in [2.75, 3.05) is 7.11 Å². The summed E-state index contributed by atoms with van der Waals surface area (Å²) in [5.74, 6) is -0.322. The molecule has 120 valence electrons. The molecule has 0 bridgehead atoms. The van der Waals surface area contributed by atoms with E-state index in [4.69, 9.17) is 9.47 Å². The Morgan fingerprint density at radius 2 is 2.17 bits per heavy atom. The molecule has 7 heteroatoms. The van der Waals surface area contributed by atoms with E-state index in [0.29, 0.717) is 17.1 Å². The third kappa shape index (κ3) is 2.65. The van der Waals surface area contributed by atoms with Crippen molar-refractivity contribution >= 4 is 11.5 Å². The third-order valence-electron chi connectivity index (χ3n) is 3.70. The van der Waals surface area contributed by atoms with Gasteiger partial charge in [-0.25, -0.2) is 9.18 Å². The summed E-state index contributed by atoms with van der Waals surface area (Å²) in [6.07, 6.45) is 2.83. The number of halogens is 1. The fourth-order valence-electron chi connectivity index (χ4n) is 2.48. The lowest BCUT2D eigenvalue weighted by Gasteiger charge is -2.09. The maximum atomic E-state index is 13.6. The summed E-state index contributed by atoms with van der Waals surface area (Å²) >= 11 is 0. The van der Waals surface area contributed by atoms with Crippen molar-refractivity contribution in [2.24, 2.45) is 7.05 Å². The fraction of sp³-hybridized carbons (Fsp3) is 0.250. The lowest BCUT2D eigenvalue weighted by molar-refractivity contribution is 0.0592. The average Bonchev–Trinajstić information content (AvgIpc) is 3.03. The molecule has 0 aliphatic heterocycles. The number of methoxy groups -OCH3 is 1. The monoisotopic (exact) mass is 317 g/mol. The van der Waals surface area contributed by atoms with E-state index in [0.717, 1.165) is 17.3 Å². The Bertz CT molecular complexity index is 863. The third-order valence-corrected chi connectivity index (χ3v) is 3.70. The molecular weight excluding hydrogens is 301 g/mol. The number of rotatable bonds is 4. The maximum Gasteiger partial charge on any atom is 0.355 e. The number of aryl methyl sites for hydroxylation is 2. The number of hydrogen-bond acceptors (Lipinski definition) is 4. The molecule has 0 saturated heterocycles. The van der Waals surface area contributed by atoms with Gasteiger partial charge < -0.3 is 13.9 Å². The van der Waals surface area contributed by atoms with Crippen molar-refractivity contribution in [2.45, 2.75) is 13.5 Å². The lowest BCUT2D eigenvalue weighted by atomic mass is 10.3. The minimum atomic E-state index is -0.419. The molecule has 0 saturated carbocycles. The fourth-order valence-corrected chi connectivity index (χ4v) is 2.48. The van der Waals surface area contributed by atoms with Crippen LogP contribution in [0.3, 0.4) is 0 Å². The Kier molecular flexibility index (Phi) is 3.77. The first-order valence-electron chi connectivity index (χ1n) is 7.00. The van der Waals surface area contributed by atoms with Crippen LogP contribution < -0.4 is 4.74 Å². The highest BCUT2D eigenvalue weighted by molar-refractivity contribution is 5.91. The molecule has 0 aliphatic carbocycles. The van der Waals surface area contributed by atoms with Gasteiger partial charge in [0, 0.05) is 12.6 Å². The number of carbonyl (C=O) groups excluding carboxylic acids is 1. The lowest BCUT2D eigenvalue weighted by Crippen LogP contribution is -2.08. The van der Waals surface area contributed by atoms with E-state index in [9.17, 15) is 9.18 Å². The highest BCUT2D eigenvalue weighted by atomic mass is 19.1. The van der Waals surface area contributed by atoms with Crippen LogP contribution in [0.15, 0.2) is 30.6 Å². The van der Waals surface area contributed by atoms with Gasteiger partial charge in [-0.1, -0.05) is 0 Å². The van der Waals surface area contributed by atoms with Gasteiger partial charge in [0.1, 0.15) is 23.7 Å². The van der Waals surface area contributed by atoms with Crippen LogP contribution in [-0.4, -0.2) is 27.3 Å². The summed E-state index contributed by atoms with van der Waals surface area (Å²) in [4.78, 5) is 11.9. The van der Waals surface area contributed by atoms with E-state index in [2.05, 4.69) is 5.10 Å². The van der Waals surface area contributed by atoms with Gasteiger partial charge >= 0.3 is 5.97 Å². The van der Waals surface area contributed by atoms with Crippen LogP contribution >= 0.6 is 0 Å². The normalized spacial score (nSPS) is 11.0. The SMILES string of the molecule is COC(=O)c1c(C)cc2ccc(OCc3c(F)cnn3C)cn12. The minimum absolute atomic E-state index is 0.0433. The summed E-state index contributed by atoms with van der Waals surface area (Å²) in [5.41, 5.74) is 2.45. The largest absolute Gasteiger partial charge is 0.486 e. The minimum Gasteiger partial charge on any atom is -0.486 e. The second-order valence-corrected chi connectivity index (χ2v) is 5.18. The van der Waals surface area contributed by atoms with Crippen LogP contribution in [0.4, 0.5) is 4.39 Å². The quantitative estimate of drug-likeness (QED) is 0.694. The van der Waals surface area contributed by atoms with Crippen molar-refractivity contribution in [1.29, 1.82) is 0 Å². The van der Waals surface area contributed by atoms with Gasteiger partial charge in [0.2, 0.25) is 0 Å². The molecule has 0 fully saturated rings. The molecular formula is C16H16FN3O3. The summed E-state index contributed by atoms with van der Waals surface area (Å²) < 4.78 is 27.1. The Balaban J connectivity index is 1.92. The zero-order valence-electron chi connectivity index (χ0n) is 13.0. The van der Waals surface area contributed by atoms with Gasteiger partial charge in [-0.05, 0) is 30.7 Å². The second kappa shape index (κ2) is 5.75. The van der Waals surface area contributed by atoms with Crippen LogP contribution in [0.1, 0.15) is 21.7 Å². The second-order valence-electron chi connectivity index (χ2n) is 5.18. The Morgan fingerprint density at radius 1 is 1.39 bits per heavy atom. The maximum absolute atomic E-state index is 13.6. The predicted molar refractivity (Wildman–Crippen MR) is 81.0 cm³/mol. The molecule has 0 radical (unpaired) electrons. The number of carbonyl (C=O) groups is 1. The van der Waals surface area contributed by atoms with E-state index < -0.39 is 11.8 Å². The van der Waals surface area contributed by atoms with Crippen molar-refractivity contribution in [3.63, 3.8) is 0 Å². The topological polar surface area (TPSA) is 57.8 Å². The van der Waals surface area contributed by atoms with Crippen molar-refractivity contribution < 1.29 is 18.7 Å². The zero-order chi connectivity index (χ0) is 16.6. The molecule has 0 aliphatic rings. The van der Waals surface area contributed by atoms with Gasteiger partial charge in [-0.3, -0.25) is 4.68 Å². The molecule has 0 amide bonds. The molecule has 0 N–H and O–H groups in total. The summed E-state index contributed by atoms with van der Waals surface area (Å²) in [6.45, 7) is 1.88. The molecule has 3 aromatic rings. The van der Waals surface area contributed by atoms with Gasteiger partial charge in [0.15, 0.2) is 5.82 Å². The Morgan fingerprint density at radius 3 is 2.83 bits per heavy atom. The van der Waals surface area contributed by atoms with Gasteiger partial charge in [-0.15, -0.1) is 0 Å². The van der Waals surface area contributed by atoms with Crippen molar-refractivity contribution in [3.05, 3.63) is 53.4 Å². The van der Waals surface area contributed by atoms with Crippen LogP contribution in [-0.2, 0) is 18.4 Å². The molecule has 23 heavy (non-hydrogen) atoms. The molecule has 3 rings (SSSR count). The number of esters is 1. The van der Waals surface area contributed by atoms with E-state index in [1.807, 2.05) is 19.1 Å². The molecule has 0 spiro atoms. The summed E-state index contributed by atoms with van der Waals surface area (Å²) in [5, 5.41) is 3.83. The molecule has 0 unspecified atom stereocenters. The standard InChI is InChI=1S/C16H16FN3O3/c1-10-6-11-4-5-12(8-20(11)15(10)16(21)22-3)23-9-14-13(17)7-18-19(14)2/h4-8H,9H2,1-3H3. The first-order chi connectivity index (χ1) is 11.0. The van der Waals surface area contributed by atoms with Gasteiger partial charge in [0.05, 0.1) is 19.5 Å². The van der Waals surface area contributed by atoms with E-state index in [1.165, 1.54) is 11.8 Å². The number of ether oxygens (including phenoxy) is 2. The van der Waals surface area contributed by atoms with Crippen LogP contribution in [0, 0.1) is 12.7 Å². The van der Waals surface area contributed by atoms with Crippen LogP contribution in [0.5, 0.6) is 5.75 Å². The van der Waals surface area contributed by atoms with E-state index >= 15 is 0 Å². The molecule has 3 aromatic heterocycles. The first-order valence-corrected chi connectivity index (χ1v) is 7.00. The Labute approximate surface area is 132 Å². The molecule has 6 nitrogen and oxygen atoms in total. The highest BCUT2D eigenvalue weighted by Gasteiger charge is 2.16.